The first-order valence-corrected chi connectivity index (χ1v) is 13.6. The molecular weight excluding hydrogens is 534 g/mol. The van der Waals surface area contributed by atoms with E-state index in [0.717, 1.165) is 39.3 Å². The second-order valence-electron chi connectivity index (χ2n) is 9.78. The van der Waals surface area contributed by atoms with Gasteiger partial charge in [0.15, 0.2) is 0 Å². The molecule has 0 spiro atoms. The van der Waals surface area contributed by atoms with Crippen LogP contribution in [0, 0.1) is 0 Å². The zero-order chi connectivity index (χ0) is 30.0. The van der Waals surface area contributed by atoms with Gasteiger partial charge in [-0.3, -0.25) is 9.59 Å². The van der Waals surface area contributed by atoms with E-state index in [1.807, 2.05) is 91.0 Å². The second kappa shape index (κ2) is 14.3. The molecule has 4 aromatic rings. The van der Waals surface area contributed by atoms with Gasteiger partial charge in [-0.1, -0.05) is 72.8 Å². The standard InChI is InChI=1S/C34H35NO7/c1-40-30-12-8-28(9-13-30)34(27-6-4-3-5-7-27,29-10-14-31(41-2)15-11-29)42-23-26-19-24(18-25(20-26)22-36)21-35-32(37)16-17-33(38)39/h3-15,18-20,36H,16-17,21-23H2,1-2H3,(H,35,37)(H,38,39). The lowest BCUT2D eigenvalue weighted by atomic mass is 9.80. The van der Waals surface area contributed by atoms with E-state index in [1.165, 1.54) is 0 Å². The molecule has 8 heteroatoms. The molecule has 8 nitrogen and oxygen atoms in total. The average molecular weight is 570 g/mol. The number of carboxylic acids is 1. The van der Waals surface area contributed by atoms with Crippen LogP contribution in [0.25, 0.3) is 0 Å². The predicted octanol–water partition coefficient (Wildman–Crippen LogP) is 5.19. The van der Waals surface area contributed by atoms with Crippen molar-refractivity contribution in [2.75, 3.05) is 14.2 Å². The van der Waals surface area contributed by atoms with E-state index in [2.05, 4.69) is 5.32 Å². The topological polar surface area (TPSA) is 114 Å². The number of hydrogen-bond donors (Lipinski definition) is 3. The van der Waals surface area contributed by atoms with Crippen LogP contribution in [0.5, 0.6) is 11.5 Å². The number of nitrogens with one attached hydrogen (secondary N) is 1. The van der Waals surface area contributed by atoms with Gasteiger partial charge < -0.3 is 29.7 Å². The maximum Gasteiger partial charge on any atom is 0.303 e. The number of ether oxygens (including phenoxy) is 3. The van der Waals surface area contributed by atoms with E-state index >= 15 is 0 Å². The van der Waals surface area contributed by atoms with Crippen molar-refractivity contribution >= 4 is 11.9 Å². The van der Waals surface area contributed by atoms with Gasteiger partial charge >= 0.3 is 5.97 Å². The molecule has 0 saturated heterocycles. The van der Waals surface area contributed by atoms with E-state index in [4.69, 9.17) is 19.3 Å². The Labute approximate surface area is 245 Å². The highest BCUT2D eigenvalue weighted by atomic mass is 16.5. The largest absolute Gasteiger partial charge is 0.497 e. The zero-order valence-electron chi connectivity index (χ0n) is 23.7. The number of carbonyl (C=O) groups excluding carboxylic acids is 1. The Morgan fingerprint density at radius 3 is 1.76 bits per heavy atom. The number of aliphatic carboxylic acids is 1. The van der Waals surface area contributed by atoms with Gasteiger partial charge in [0.25, 0.3) is 0 Å². The maximum atomic E-state index is 12.1. The highest BCUT2D eigenvalue weighted by Crippen LogP contribution is 2.42. The third-order valence-electron chi connectivity index (χ3n) is 6.98. The number of carbonyl (C=O) groups is 2. The third-order valence-corrected chi connectivity index (χ3v) is 6.98. The first-order chi connectivity index (χ1) is 20.4. The Hall–Kier alpha value is -4.66. The van der Waals surface area contributed by atoms with Crippen LogP contribution in [0.4, 0.5) is 0 Å². The summed E-state index contributed by atoms with van der Waals surface area (Å²) in [5.41, 5.74) is 3.93. The number of aliphatic hydroxyl groups is 1. The lowest BCUT2D eigenvalue weighted by molar-refractivity contribution is -0.138. The zero-order valence-corrected chi connectivity index (χ0v) is 23.7. The van der Waals surface area contributed by atoms with Crippen LogP contribution in [-0.2, 0) is 39.7 Å². The van der Waals surface area contributed by atoms with Crippen LogP contribution in [0.2, 0.25) is 0 Å². The fourth-order valence-corrected chi connectivity index (χ4v) is 4.89. The smallest absolute Gasteiger partial charge is 0.303 e. The molecule has 0 fully saturated rings. The van der Waals surface area contributed by atoms with Crippen molar-refractivity contribution in [1.29, 1.82) is 0 Å². The van der Waals surface area contributed by atoms with E-state index in [-0.39, 0.29) is 38.5 Å². The maximum absolute atomic E-state index is 12.1. The molecule has 0 unspecified atom stereocenters. The number of hydrogen-bond acceptors (Lipinski definition) is 6. The third kappa shape index (κ3) is 7.34. The van der Waals surface area contributed by atoms with Crippen molar-refractivity contribution in [2.45, 2.75) is 38.2 Å². The molecule has 3 N–H and O–H groups in total. The Morgan fingerprint density at radius 2 is 1.24 bits per heavy atom. The molecule has 0 bridgehead atoms. The monoisotopic (exact) mass is 569 g/mol. The van der Waals surface area contributed by atoms with Crippen molar-refractivity contribution < 1.29 is 34.0 Å². The first-order valence-electron chi connectivity index (χ1n) is 13.6. The first kappa shape index (κ1) is 30.3. The van der Waals surface area contributed by atoms with Crippen LogP contribution in [0.3, 0.4) is 0 Å². The molecule has 4 rings (SSSR count). The normalized spacial score (nSPS) is 11.1. The van der Waals surface area contributed by atoms with Crippen LogP contribution in [-0.4, -0.2) is 36.3 Å². The summed E-state index contributed by atoms with van der Waals surface area (Å²) in [6.07, 6.45) is -0.339. The molecule has 0 atom stereocenters. The summed E-state index contributed by atoms with van der Waals surface area (Å²) < 4.78 is 17.8. The predicted molar refractivity (Wildman–Crippen MR) is 158 cm³/mol. The summed E-state index contributed by atoms with van der Waals surface area (Å²) in [6.45, 7) is 0.190. The van der Waals surface area contributed by atoms with Crippen LogP contribution in [0.15, 0.2) is 97.1 Å². The van der Waals surface area contributed by atoms with E-state index < -0.39 is 11.6 Å². The van der Waals surface area contributed by atoms with Gasteiger partial charge in [-0.25, -0.2) is 0 Å². The minimum absolute atomic E-state index is 0.103. The Kier molecular flexibility index (Phi) is 10.3. The molecule has 42 heavy (non-hydrogen) atoms. The van der Waals surface area contributed by atoms with Gasteiger partial charge in [-0.2, -0.15) is 0 Å². The van der Waals surface area contributed by atoms with Gasteiger partial charge in [0, 0.05) is 13.0 Å². The number of rotatable bonds is 14. The minimum Gasteiger partial charge on any atom is -0.497 e. The average Bonchev–Trinajstić information content (AvgIpc) is 3.04. The second-order valence-corrected chi connectivity index (χ2v) is 9.78. The Bertz CT molecular complexity index is 1420. The summed E-state index contributed by atoms with van der Waals surface area (Å²) in [7, 11) is 3.25. The van der Waals surface area contributed by atoms with E-state index in [0.29, 0.717) is 5.56 Å². The quantitative estimate of drug-likeness (QED) is 0.179. The molecule has 4 aromatic carbocycles. The van der Waals surface area contributed by atoms with Crippen molar-refractivity contribution in [3.63, 3.8) is 0 Å². The van der Waals surface area contributed by atoms with Gasteiger partial charge in [0.1, 0.15) is 17.1 Å². The molecule has 1 amide bonds. The minimum atomic E-state index is -1.03. The molecule has 0 aliphatic rings. The van der Waals surface area contributed by atoms with E-state index in [9.17, 15) is 14.7 Å². The fraction of sp³-hybridized carbons (Fsp3) is 0.235. The van der Waals surface area contributed by atoms with Crippen molar-refractivity contribution in [3.8, 4) is 11.5 Å². The SMILES string of the molecule is COc1ccc(C(OCc2cc(CO)cc(CNC(=O)CCC(=O)O)c2)(c2ccccc2)c2ccc(OC)cc2)cc1. The summed E-state index contributed by atoms with van der Waals surface area (Å²) in [4.78, 5) is 22.9. The number of aliphatic hydroxyl groups excluding tert-OH is 1. The van der Waals surface area contributed by atoms with Crippen LogP contribution in [0.1, 0.15) is 46.2 Å². The lowest BCUT2D eigenvalue weighted by Gasteiger charge is -2.36. The van der Waals surface area contributed by atoms with Crippen molar-refractivity contribution in [2.24, 2.45) is 0 Å². The molecule has 0 saturated carbocycles. The highest BCUT2D eigenvalue weighted by Gasteiger charge is 2.38. The number of benzene rings is 4. The fourth-order valence-electron chi connectivity index (χ4n) is 4.89. The Morgan fingerprint density at radius 1 is 0.714 bits per heavy atom. The van der Waals surface area contributed by atoms with Gasteiger partial charge in [-0.05, 0) is 57.6 Å². The molecular formula is C34H35NO7. The molecule has 0 heterocycles. The molecule has 0 aromatic heterocycles. The van der Waals surface area contributed by atoms with Gasteiger partial charge in [0.2, 0.25) is 5.91 Å². The number of amides is 1. The van der Waals surface area contributed by atoms with Crippen molar-refractivity contribution in [3.05, 3.63) is 130 Å². The summed E-state index contributed by atoms with van der Waals surface area (Å²) in [6, 6.07) is 31.1. The molecule has 0 aliphatic heterocycles. The van der Waals surface area contributed by atoms with E-state index in [1.54, 1.807) is 20.3 Å². The molecule has 218 valence electrons. The van der Waals surface area contributed by atoms with Crippen LogP contribution < -0.4 is 14.8 Å². The summed E-state index contributed by atoms with van der Waals surface area (Å²) in [5, 5.41) is 21.6. The molecule has 0 radical (unpaired) electrons. The lowest BCUT2D eigenvalue weighted by Crippen LogP contribution is -2.33. The summed E-state index contributed by atoms with van der Waals surface area (Å²) in [5.74, 6) is 0.0662. The molecule has 0 aliphatic carbocycles. The highest BCUT2D eigenvalue weighted by molar-refractivity contribution is 5.80. The number of methoxy groups -OCH3 is 2. The van der Waals surface area contributed by atoms with Crippen molar-refractivity contribution in [1.82, 2.24) is 5.32 Å². The Balaban J connectivity index is 1.73. The van der Waals surface area contributed by atoms with Crippen LogP contribution >= 0.6 is 0 Å². The van der Waals surface area contributed by atoms with Gasteiger partial charge in [-0.15, -0.1) is 0 Å². The summed E-state index contributed by atoms with van der Waals surface area (Å²) >= 11 is 0. The van der Waals surface area contributed by atoms with Gasteiger partial charge in [0.05, 0.1) is 33.9 Å². The number of carboxylic acid groups (broad SMARTS) is 1.